The summed E-state index contributed by atoms with van der Waals surface area (Å²) in [6, 6.07) is 4.72. The molecule has 0 unspecified atom stereocenters. The van der Waals surface area contributed by atoms with Gasteiger partial charge in [0.2, 0.25) is 10.0 Å². The monoisotopic (exact) mass is 379 g/mol. The van der Waals surface area contributed by atoms with E-state index in [2.05, 4.69) is 27.6 Å². The fourth-order valence-electron chi connectivity index (χ4n) is 2.62. The zero-order chi connectivity index (χ0) is 14.8. The second-order valence-electron chi connectivity index (χ2n) is 5.32. The first-order valence-electron chi connectivity index (χ1n) is 6.89. The Bertz CT molecular complexity index is 569. The first kappa shape index (κ1) is 16.3. The minimum atomic E-state index is -3.46. The van der Waals surface area contributed by atoms with Crippen LogP contribution in [-0.2, 0) is 10.0 Å². The third-order valence-corrected chi connectivity index (χ3v) is 6.68. The van der Waals surface area contributed by atoms with E-state index < -0.39 is 10.0 Å². The van der Waals surface area contributed by atoms with Crippen molar-refractivity contribution in [2.45, 2.75) is 50.0 Å². The van der Waals surface area contributed by atoms with Crippen molar-refractivity contribution in [3.63, 3.8) is 0 Å². The highest BCUT2D eigenvalue weighted by Gasteiger charge is 2.25. The van der Waals surface area contributed by atoms with Crippen LogP contribution in [0.1, 0.15) is 39.0 Å². The molecule has 112 valence electrons. The summed E-state index contributed by atoms with van der Waals surface area (Å²) in [4.78, 5) is 0.256. The van der Waals surface area contributed by atoms with Crippen molar-refractivity contribution in [2.75, 3.05) is 0 Å². The van der Waals surface area contributed by atoms with Crippen LogP contribution in [0.2, 0.25) is 5.02 Å². The largest absolute Gasteiger partial charge is 0.240 e. The molecule has 0 radical (unpaired) electrons. The standard InChI is InChI=1S/C14H19BrClNO2S/c1-2-10-3-5-11(6-4-10)17-20(18,19)12-7-8-14(16)13(15)9-12/h7-11,17H,2-6H2,1H3. The molecule has 1 N–H and O–H groups in total. The molecule has 0 spiro atoms. The summed E-state index contributed by atoms with van der Waals surface area (Å²) < 4.78 is 28.1. The Kier molecular flexibility index (Phi) is 5.51. The smallest absolute Gasteiger partial charge is 0.208 e. The summed E-state index contributed by atoms with van der Waals surface area (Å²) in [5.74, 6) is 0.750. The molecule has 0 bridgehead atoms. The molecule has 1 saturated carbocycles. The lowest BCUT2D eigenvalue weighted by Crippen LogP contribution is -2.37. The predicted molar refractivity (Wildman–Crippen MR) is 85.5 cm³/mol. The molecule has 1 aromatic carbocycles. The van der Waals surface area contributed by atoms with E-state index in [-0.39, 0.29) is 10.9 Å². The molecule has 0 aromatic heterocycles. The van der Waals surface area contributed by atoms with Gasteiger partial charge in [0.05, 0.1) is 9.92 Å². The van der Waals surface area contributed by atoms with Gasteiger partial charge in [-0.05, 0) is 65.7 Å². The van der Waals surface area contributed by atoms with Crippen molar-refractivity contribution in [1.29, 1.82) is 0 Å². The van der Waals surface area contributed by atoms with E-state index in [1.165, 1.54) is 12.5 Å². The van der Waals surface area contributed by atoms with Gasteiger partial charge >= 0.3 is 0 Å². The van der Waals surface area contributed by atoms with Crippen molar-refractivity contribution >= 4 is 37.6 Å². The van der Waals surface area contributed by atoms with Crippen LogP contribution in [0.4, 0.5) is 0 Å². The average molecular weight is 381 g/mol. The van der Waals surface area contributed by atoms with Gasteiger partial charge in [0.1, 0.15) is 0 Å². The first-order valence-corrected chi connectivity index (χ1v) is 9.55. The molecule has 3 nitrogen and oxygen atoms in total. The Balaban J connectivity index is 2.06. The molecule has 1 aliphatic carbocycles. The lowest BCUT2D eigenvalue weighted by molar-refractivity contribution is 0.306. The van der Waals surface area contributed by atoms with Gasteiger partial charge in [-0.25, -0.2) is 13.1 Å². The maximum Gasteiger partial charge on any atom is 0.240 e. The molecule has 6 heteroatoms. The number of hydrogen-bond acceptors (Lipinski definition) is 2. The lowest BCUT2D eigenvalue weighted by Gasteiger charge is -2.28. The van der Waals surface area contributed by atoms with Gasteiger partial charge in [-0.2, -0.15) is 0 Å². The number of rotatable bonds is 4. The molecule has 1 aromatic rings. The topological polar surface area (TPSA) is 46.2 Å². The quantitative estimate of drug-likeness (QED) is 0.844. The Morgan fingerprint density at radius 2 is 1.95 bits per heavy atom. The van der Waals surface area contributed by atoms with Gasteiger partial charge in [-0.15, -0.1) is 0 Å². The van der Waals surface area contributed by atoms with Crippen molar-refractivity contribution in [1.82, 2.24) is 4.72 Å². The molecule has 0 atom stereocenters. The zero-order valence-electron chi connectivity index (χ0n) is 11.4. The number of hydrogen-bond donors (Lipinski definition) is 1. The SMILES string of the molecule is CCC1CCC(NS(=O)(=O)c2ccc(Cl)c(Br)c2)CC1. The van der Waals surface area contributed by atoms with E-state index in [0.717, 1.165) is 31.6 Å². The average Bonchev–Trinajstić information content (AvgIpc) is 2.42. The summed E-state index contributed by atoms with van der Waals surface area (Å²) in [7, 11) is -3.46. The van der Waals surface area contributed by atoms with E-state index in [1.54, 1.807) is 12.1 Å². The fraction of sp³-hybridized carbons (Fsp3) is 0.571. The van der Waals surface area contributed by atoms with Crippen LogP contribution < -0.4 is 4.72 Å². The van der Waals surface area contributed by atoms with Crippen LogP contribution in [0.3, 0.4) is 0 Å². The maximum absolute atomic E-state index is 12.3. The first-order chi connectivity index (χ1) is 9.42. The maximum atomic E-state index is 12.3. The molecule has 1 aliphatic rings. The number of benzene rings is 1. The van der Waals surface area contributed by atoms with Crippen molar-refractivity contribution in [2.24, 2.45) is 5.92 Å². The van der Waals surface area contributed by atoms with Crippen molar-refractivity contribution in [3.8, 4) is 0 Å². The van der Waals surface area contributed by atoms with E-state index in [4.69, 9.17) is 11.6 Å². The van der Waals surface area contributed by atoms with E-state index in [0.29, 0.717) is 9.50 Å². The molecule has 20 heavy (non-hydrogen) atoms. The fourth-order valence-corrected chi connectivity index (χ4v) is 4.60. The number of halogens is 2. The highest BCUT2D eigenvalue weighted by atomic mass is 79.9. The van der Waals surface area contributed by atoms with Crippen molar-refractivity contribution < 1.29 is 8.42 Å². The molecule has 2 rings (SSSR count). The number of sulfonamides is 1. The molecule has 0 saturated heterocycles. The zero-order valence-corrected chi connectivity index (χ0v) is 14.6. The summed E-state index contributed by atoms with van der Waals surface area (Å²) >= 11 is 9.15. The lowest BCUT2D eigenvalue weighted by atomic mass is 9.85. The highest BCUT2D eigenvalue weighted by molar-refractivity contribution is 9.10. The normalized spacial score (nSPS) is 23.8. The minimum Gasteiger partial charge on any atom is -0.208 e. The second kappa shape index (κ2) is 6.77. The van der Waals surface area contributed by atoms with Gasteiger partial charge in [-0.1, -0.05) is 24.9 Å². The highest BCUT2D eigenvalue weighted by Crippen LogP contribution is 2.29. The Hall–Kier alpha value is -0.100. The van der Waals surface area contributed by atoms with Crippen molar-refractivity contribution in [3.05, 3.63) is 27.7 Å². The third kappa shape index (κ3) is 3.97. The summed E-state index contributed by atoms with van der Waals surface area (Å²) in [6.45, 7) is 2.19. The van der Waals surface area contributed by atoms with Crippen LogP contribution in [0.15, 0.2) is 27.6 Å². The molecule has 1 fully saturated rings. The Labute approximate surface area is 134 Å². The third-order valence-electron chi connectivity index (χ3n) is 3.95. The van der Waals surface area contributed by atoms with Gasteiger partial charge < -0.3 is 0 Å². The second-order valence-corrected chi connectivity index (χ2v) is 8.30. The molecule has 0 heterocycles. The summed E-state index contributed by atoms with van der Waals surface area (Å²) in [5, 5.41) is 0.507. The van der Waals surface area contributed by atoms with Crippen LogP contribution in [0.5, 0.6) is 0 Å². The van der Waals surface area contributed by atoms with Gasteiger partial charge in [0.25, 0.3) is 0 Å². The molecule has 0 amide bonds. The van der Waals surface area contributed by atoms with Crippen LogP contribution in [-0.4, -0.2) is 14.5 Å². The summed E-state index contributed by atoms with van der Waals surface area (Å²) in [5.41, 5.74) is 0. The van der Waals surface area contributed by atoms with E-state index >= 15 is 0 Å². The van der Waals surface area contributed by atoms with Gasteiger partial charge in [-0.3, -0.25) is 0 Å². The minimum absolute atomic E-state index is 0.0530. The molecular formula is C14H19BrClNO2S. The van der Waals surface area contributed by atoms with E-state index in [9.17, 15) is 8.42 Å². The number of nitrogens with one attached hydrogen (secondary N) is 1. The van der Waals surface area contributed by atoms with Gasteiger partial charge in [0, 0.05) is 10.5 Å². The van der Waals surface area contributed by atoms with Gasteiger partial charge in [0.15, 0.2) is 0 Å². The predicted octanol–water partition coefficient (Wildman–Crippen LogP) is 4.35. The summed E-state index contributed by atoms with van der Waals surface area (Å²) in [6.07, 6.45) is 5.24. The Morgan fingerprint density at radius 1 is 1.30 bits per heavy atom. The van der Waals surface area contributed by atoms with Crippen LogP contribution >= 0.6 is 27.5 Å². The molecular weight excluding hydrogens is 362 g/mol. The Morgan fingerprint density at radius 3 is 2.50 bits per heavy atom. The van der Waals surface area contributed by atoms with Crippen LogP contribution in [0.25, 0.3) is 0 Å². The van der Waals surface area contributed by atoms with Crippen LogP contribution in [0, 0.1) is 5.92 Å². The van der Waals surface area contributed by atoms with E-state index in [1.807, 2.05) is 0 Å². The molecule has 0 aliphatic heterocycles.